The van der Waals surface area contributed by atoms with E-state index in [0.717, 1.165) is 12.2 Å². The number of hydrogen-bond donors (Lipinski definition) is 0. The van der Waals surface area contributed by atoms with Gasteiger partial charge in [0.25, 0.3) is 11.6 Å². The van der Waals surface area contributed by atoms with Gasteiger partial charge in [0.05, 0.1) is 15.5 Å². The molecule has 0 fully saturated rings. The van der Waals surface area contributed by atoms with Crippen LogP contribution in [0.2, 0.25) is 5.02 Å². The number of nitro groups is 1. The Labute approximate surface area is 127 Å². The van der Waals surface area contributed by atoms with Crippen LogP contribution in [0.5, 0.6) is 0 Å². The number of carbonyl (C=O) groups is 1. The molecular formula is C13H17ClN2O3S. The molecule has 5 nitrogen and oxygen atoms in total. The molecule has 0 heterocycles. The van der Waals surface area contributed by atoms with Gasteiger partial charge < -0.3 is 4.90 Å². The zero-order valence-electron chi connectivity index (χ0n) is 11.6. The molecule has 0 spiro atoms. The fourth-order valence-corrected chi connectivity index (χ4v) is 2.94. The van der Waals surface area contributed by atoms with Gasteiger partial charge in [-0.15, -0.1) is 0 Å². The predicted octanol–water partition coefficient (Wildman–Crippen LogP) is 3.46. The van der Waals surface area contributed by atoms with Crippen molar-refractivity contribution >= 4 is 35.0 Å². The standard InChI is InChI=1S/C13H17ClN2O3S/c1-4-9(8-20-3)15(2)13(17)11-6-5-10(16(18)19)7-12(11)14/h5-7,9H,4,8H2,1-3H3. The molecule has 0 aromatic heterocycles. The van der Waals surface area contributed by atoms with Crippen LogP contribution in [0.15, 0.2) is 18.2 Å². The van der Waals surface area contributed by atoms with E-state index in [1.807, 2.05) is 13.2 Å². The van der Waals surface area contributed by atoms with Gasteiger partial charge in [0.2, 0.25) is 0 Å². The average molecular weight is 317 g/mol. The van der Waals surface area contributed by atoms with Gasteiger partial charge in [-0.05, 0) is 18.7 Å². The minimum atomic E-state index is -0.535. The van der Waals surface area contributed by atoms with Gasteiger partial charge in [0.15, 0.2) is 0 Å². The molecule has 1 atom stereocenters. The van der Waals surface area contributed by atoms with Crippen molar-refractivity contribution < 1.29 is 9.72 Å². The van der Waals surface area contributed by atoms with Crippen LogP contribution in [-0.4, -0.2) is 40.8 Å². The largest absolute Gasteiger partial charge is 0.338 e. The molecule has 0 saturated carbocycles. The Bertz CT molecular complexity index is 510. The molecule has 20 heavy (non-hydrogen) atoms. The molecule has 1 aromatic carbocycles. The summed E-state index contributed by atoms with van der Waals surface area (Å²) in [4.78, 5) is 24.1. The molecule has 0 N–H and O–H groups in total. The van der Waals surface area contributed by atoms with Crippen molar-refractivity contribution in [1.82, 2.24) is 4.90 Å². The Morgan fingerprint density at radius 1 is 1.55 bits per heavy atom. The van der Waals surface area contributed by atoms with E-state index in [1.54, 1.807) is 23.7 Å². The van der Waals surface area contributed by atoms with Crippen LogP contribution in [-0.2, 0) is 0 Å². The maximum Gasteiger partial charge on any atom is 0.270 e. The number of halogens is 1. The third-order valence-corrected chi connectivity index (χ3v) is 4.12. The molecule has 0 aliphatic rings. The molecule has 110 valence electrons. The van der Waals surface area contributed by atoms with Gasteiger partial charge in [0, 0.05) is 31.0 Å². The fraction of sp³-hybridized carbons (Fsp3) is 0.462. The second kappa shape index (κ2) is 7.50. The first-order valence-electron chi connectivity index (χ1n) is 6.12. The highest BCUT2D eigenvalue weighted by atomic mass is 35.5. The van der Waals surface area contributed by atoms with E-state index in [1.165, 1.54) is 18.2 Å². The Morgan fingerprint density at radius 3 is 2.65 bits per heavy atom. The number of carbonyl (C=O) groups excluding carboxylic acids is 1. The molecule has 1 amide bonds. The minimum absolute atomic E-state index is 0.107. The average Bonchev–Trinajstić information content (AvgIpc) is 2.43. The zero-order valence-corrected chi connectivity index (χ0v) is 13.2. The number of nitrogens with zero attached hydrogens (tertiary/aromatic N) is 2. The summed E-state index contributed by atoms with van der Waals surface area (Å²) < 4.78 is 0. The normalized spacial score (nSPS) is 12.0. The Hall–Kier alpha value is -1.27. The van der Waals surface area contributed by atoms with Crippen molar-refractivity contribution in [2.45, 2.75) is 19.4 Å². The van der Waals surface area contributed by atoms with Gasteiger partial charge in [-0.3, -0.25) is 14.9 Å². The number of hydrogen-bond acceptors (Lipinski definition) is 4. The molecule has 7 heteroatoms. The SMILES string of the molecule is CCC(CSC)N(C)C(=O)c1ccc([N+](=O)[O-])cc1Cl. The zero-order chi connectivity index (χ0) is 15.3. The number of amides is 1. The molecule has 0 radical (unpaired) electrons. The summed E-state index contributed by atoms with van der Waals surface area (Å²) in [6, 6.07) is 4.02. The van der Waals surface area contributed by atoms with Crippen LogP contribution in [0.25, 0.3) is 0 Å². The van der Waals surface area contributed by atoms with Gasteiger partial charge in [-0.1, -0.05) is 18.5 Å². The molecule has 0 aliphatic carbocycles. The Kier molecular flexibility index (Phi) is 6.29. The van der Waals surface area contributed by atoms with Crippen molar-refractivity contribution in [2.24, 2.45) is 0 Å². The summed E-state index contributed by atoms with van der Waals surface area (Å²) in [6.45, 7) is 2.02. The topological polar surface area (TPSA) is 63.5 Å². The lowest BCUT2D eigenvalue weighted by Crippen LogP contribution is -2.38. The highest BCUT2D eigenvalue weighted by Gasteiger charge is 2.22. The van der Waals surface area contributed by atoms with Gasteiger partial charge >= 0.3 is 0 Å². The molecule has 0 aliphatic heterocycles. The maximum absolute atomic E-state index is 12.4. The van der Waals surface area contributed by atoms with Gasteiger partial charge in [0.1, 0.15) is 0 Å². The van der Waals surface area contributed by atoms with Crippen LogP contribution in [0.3, 0.4) is 0 Å². The third-order valence-electron chi connectivity index (χ3n) is 3.09. The number of rotatable bonds is 6. The summed E-state index contributed by atoms with van der Waals surface area (Å²) in [5.74, 6) is 0.620. The quantitative estimate of drug-likeness (QED) is 0.595. The summed E-state index contributed by atoms with van der Waals surface area (Å²) >= 11 is 7.65. The lowest BCUT2D eigenvalue weighted by molar-refractivity contribution is -0.384. The fourth-order valence-electron chi connectivity index (χ4n) is 1.84. The second-order valence-corrected chi connectivity index (χ2v) is 5.67. The number of benzene rings is 1. The number of nitro benzene ring substituents is 1. The monoisotopic (exact) mass is 316 g/mol. The molecule has 1 rings (SSSR count). The number of thioether (sulfide) groups is 1. The van der Waals surface area contributed by atoms with Crippen LogP contribution < -0.4 is 0 Å². The summed E-state index contributed by atoms with van der Waals surface area (Å²) in [6.07, 6.45) is 2.83. The maximum atomic E-state index is 12.4. The lowest BCUT2D eigenvalue weighted by Gasteiger charge is -2.27. The third kappa shape index (κ3) is 3.86. The smallest absolute Gasteiger partial charge is 0.270 e. The second-order valence-electron chi connectivity index (χ2n) is 4.35. The van der Waals surface area contributed by atoms with E-state index in [4.69, 9.17) is 11.6 Å². The van der Waals surface area contributed by atoms with Gasteiger partial charge in [-0.2, -0.15) is 11.8 Å². The van der Waals surface area contributed by atoms with Gasteiger partial charge in [-0.25, -0.2) is 0 Å². The van der Waals surface area contributed by atoms with E-state index < -0.39 is 4.92 Å². The predicted molar refractivity (Wildman–Crippen MR) is 82.7 cm³/mol. The molecular weight excluding hydrogens is 300 g/mol. The van der Waals surface area contributed by atoms with E-state index in [0.29, 0.717) is 5.56 Å². The lowest BCUT2D eigenvalue weighted by atomic mass is 10.1. The Balaban J connectivity index is 2.99. The summed E-state index contributed by atoms with van der Waals surface area (Å²) in [7, 11) is 1.73. The van der Waals surface area contributed by atoms with Crippen molar-refractivity contribution in [3.8, 4) is 0 Å². The highest BCUT2D eigenvalue weighted by molar-refractivity contribution is 7.98. The first-order chi connectivity index (χ1) is 9.42. The van der Waals surface area contributed by atoms with Crippen molar-refractivity contribution in [3.63, 3.8) is 0 Å². The molecule has 1 aromatic rings. The first-order valence-corrected chi connectivity index (χ1v) is 7.89. The van der Waals surface area contributed by atoms with Crippen LogP contribution in [0, 0.1) is 10.1 Å². The van der Waals surface area contributed by atoms with Crippen molar-refractivity contribution in [2.75, 3.05) is 19.1 Å². The summed E-state index contributed by atoms with van der Waals surface area (Å²) in [5.41, 5.74) is 0.171. The van der Waals surface area contributed by atoms with Crippen molar-refractivity contribution in [3.05, 3.63) is 38.9 Å². The van der Waals surface area contributed by atoms with E-state index >= 15 is 0 Å². The van der Waals surface area contributed by atoms with Crippen LogP contribution in [0.4, 0.5) is 5.69 Å². The number of non-ortho nitro benzene ring substituents is 1. The van der Waals surface area contributed by atoms with Crippen LogP contribution in [0.1, 0.15) is 23.7 Å². The van der Waals surface area contributed by atoms with E-state index in [-0.39, 0.29) is 22.7 Å². The molecule has 0 bridgehead atoms. The highest BCUT2D eigenvalue weighted by Crippen LogP contribution is 2.24. The first kappa shape index (κ1) is 16.8. The van der Waals surface area contributed by atoms with Crippen LogP contribution >= 0.6 is 23.4 Å². The Morgan fingerprint density at radius 2 is 2.20 bits per heavy atom. The molecule has 1 unspecified atom stereocenters. The molecule has 0 saturated heterocycles. The van der Waals surface area contributed by atoms with E-state index in [2.05, 4.69) is 0 Å². The minimum Gasteiger partial charge on any atom is -0.338 e. The summed E-state index contributed by atoms with van der Waals surface area (Å²) in [5, 5.41) is 10.8. The van der Waals surface area contributed by atoms with E-state index in [9.17, 15) is 14.9 Å². The van der Waals surface area contributed by atoms with Crippen molar-refractivity contribution in [1.29, 1.82) is 0 Å².